The Kier molecular flexibility index (Phi) is 4.83. The van der Waals surface area contributed by atoms with Gasteiger partial charge in [-0.25, -0.2) is 0 Å². The molecular weight excluding hydrogens is 362 g/mol. The van der Waals surface area contributed by atoms with Gasteiger partial charge in [0.25, 0.3) is 5.91 Å². The highest BCUT2D eigenvalue weighted by atomic mass is 79.9. The van der Waals surface area contributed by atoms with Crippen LogP contribution in [0, 0.1) is 0 Å². The molecule has 0 spiro atoms. The van der Waals surface area contributed by atoms with Crippen molar-refractivity contribution in [3.63, 3.8) is 0 Å². The smallest absolute Gasteiger partial charge is 0.287 e. The van der Waals surface area contributed by atoms with Crippen molar-refractivity contribution >= 4 is 21.8 Å². The topological polar surface area (TPSA) is 64.6 Å². The largest absolute Gasteiger partial charge is 0.484 e. The molecule has 0 radical (unpaired) electrons. The van der Waals surface area contributed by atoms with Crippen LogP contribution in [0.4, 0.5) is 0 Å². The predicted molar refractivity (Wildman–Crippen MR) is 87.1 cm³/mol. The fourth-order valence-electron chi connectivity index (χ4n) is 1.96. The van der Waals surface area contributed by atoms with Crippen molar-refractivity contribution in [2.24, 2.45) is 0 Å². The lowest BCUT2D eigenvalue weighted by Crippen LogP contribution is -2.21. The van der Waals surface area contributed by atoms with Crippen molar-refractivity contribution in [3.8, 4) is 5.75 Å². The van der Waals surface area contributed by atoms with Gasteiger partial charge in [-0.1, -0.05) is 12.1 Å². The van der Waals surface area contributed by atoms with Gasteiger partial charge in [0.2, 0.25) is 0 Å². The van der Waals surface area contributed by atoms with Crippen molar-refractivity contribution in [1.29, 1.82) is 0 Å². The van der Waals surface area contributed by atoms with E-state index in [-0.39, 0.29) is 18.3 Å². The zero-order chi connectivity index (χ0) is 16.1. The van der Waals surface area contributed by atoms with Gasteiger partial charge >= 0.3 is 0 Å². The number of para-hydroxylation sites is 1. The zero-order valence-corrected chi connectivity index (χ0v) is 13.7. The average Bonchev–Trinajstić information content (AvgIpc) is 3.23. The van der Waals surface area contributed by atoms with Crippen LogP contribution in [0.2, 0.25) is 0 Å². The molecule has 1 N–H and O–H groups in total. The number of amides is 1. The summed E-state index contributed by atoms with van der Waals surface area (Å²) in [5.41, 5.74) is 0. The van der Waals surface area contributed by atoms with Crippen LogP contribution in [0.15, 0.2) is 68.1 Å². The van der Waals surface area contributed by atoms with Crippen LogP contribution in [-0.2, 0) is 13.2 Å². The number of benzene rings is 1. The number of carbonyl (C=O) groups excluding carboxylic acids is 1. The van der Waals surface area contributed by atoms with E-state index in [2.05, 4.69) is 21.2 Å². The number of furan rings is 2. The maximum absolute atomic E-state index is 12.0. The normalized spacial score (nSPS) is 10.5. The number of hydrogen-bond acceptors (Lipinski definition) is 4. The van der Waals surface area contributed by atoms with Crippen molar-refractivity contribution in [1.82, 2.24) is 5.32 Å². The van der Waals surface area contributed by atoms with E-state index in [9.17, 15) is 4.79 Å². The van der Waals surface area contributed by atoms with E-state index in [1.807, 2.05) is 24.3 Å². The molecule has 0 aliphatic rings. The lowest BCUT2D eigenvalue weighted by Gasteiger charge is -2.05. The van der Waals surface area contributed by atoms with Crippen molar-refractivity contribution in [2.75, 3.05) is 0 Å². The molecule has 6 heteroatoms. The van der Waals surface area contributed by atoms with Gasteiger partial charge in [0.05, 0.1) is 17.3 Å². The monoisotopic (exact) mass is 375 g/mol. The summed E-state index contributed by atoms with van der Waals surface area (Å²) in [6, 6.07) is 14.4. The minimum absolute atomic E-state index is 0.238. The fraction of sp³-hybridized carbons (Fsp3) is 0.118. The summed E-state index contributed by atoms with van der Waals surface area (Å²) in [5, 5.41) is 2.72. The highest BCUT2D eigenvalue weighted by Crippen LogP contribution is 2.24. The molecule has 2 heterocycles. The Labute approximate surface area is 141 Å². The molecule has 0 saturated heterocycles. The van der Waals surface area contributed by atoms with Gasteiger partial charge in [0, 0.05) is 0 Å². The molecule has 3 aromatic rings. The summed E-state index contributed by atoms with van der Waals surface area (Å²) < 4.78 is 17.2. The SMILES string of the molecule is O=C(NCc1ccco1)c1ccc(COc2ccccc2Br)o1. The second-order valence-electron chi connectivity index (χ2n) is 4.75. The van der Waals surface area contributed by atoms with E-state index in [0.717, 1.165) is 4.47 Å². The Morgan fingerprint density at radius 1 is 1.09 bits per heavy atom. The van der Waals surface area contributed by atoms with Gasteiger partial charge in [-0.15, -0.1) is 0 Å². The minimum atomic E-state index is -0.298. The van der Waals surface area contributed by atoms with E-state index < -0.39 is 0 Å². The van der Waals surface area contributed by atoms with Crippen molar-refractivity contribution in [2.45, 2.75) is 13.2 Å². The molecule has 0 saturated carbocycles. The zero-order valence-electron chi connectivity index (χ0n) is 12.1. The molecule has 5 nitrogen and oxygen atoms in total. The Hall–Kier alpha value is -2.47. The van der Waals surface area contributed by atoms with E-state index in [1.165, 1.54) is 0 Å². The third kappa shape index (κ3) is 4.04. The van der Waals surface area contributed by atoms with Gasteiger partial charge in [0.15, 0.2) is 5.76 Å². The molecule has 0 aliphatic carbocycles. The maximum Gasteiger partial charge on any atom is 0.287 e. The molecule has 3 rings (SSSR count). The Bertz CT molecular complexity index is 780. The molecule has 0 fully saturated rings. The molecule has 0 aliphatic heterocycles. The van der Waals surface area contributed by atoms with E-state index >= 15 is 0 Å². The molecular formula is C17H14BrNO4. The minimum Gasteiger partial charge on any atom is -0.484 e. The first kappa shape index (κ1) is 15.4. The molecule has 0 unspecified atom stereocenters. The molecule has 1 amide bonds. The van der Waals surface area contributed by atoms with Crippen LogP contribution in [0.1, 0.15) is 22.1 Å². The lowest BCUT2D eigenvalue weighted by molar-refractivity contribution is 0.0916. The predicted octanol–water partition coefficient (Wildman–Crippen LogP) is 4.14. The fourth-order valence-corrected chi connectivity index (χ4v) is 2.36. The quantitative estimate of drug-likeness (QED) is 0.702. The van der Waals surface area contributed by atoms with Gasteiger partial charge in [-0.05, 0) is 52.3 Å². The number of ether oxygens (including phenoxy) is 1. The van der Waals surface area contributed by atoms with E-state index in [0.29, 0.717) is 23.8 Å². The number of carbonyl (C=O) groups is 1. The second kappa shape index (κ2) is 7.19. The number of halogens is 1. The third-order valence-corrected chi connectivity index (χ3v) is 3.75. The van der Waals surface area contributed by atoms with Crippen LogP contribution < -0.4 is 10.1 Å². The van der Waals surface area contributed by atoms with E-state index in [4.69, 9.17) is 13.6 Å². The summed E-state index contributed by atoms with van der Waals surface area (Å²) in [6.07, 6.45) is 1.56. The van der Waals surface area contributed by atoms with Gasteiger partial charge in [0.1, 0.15) is 23.9 Å². The molecule has 23 heavy (non-hydrogen) atoms. The third-order valence-electron chi connectivity index (χ3n) is 3.10. The summed E-state index contributed by atoms with van der Waals surface area (Å²) in [6.45, 7) is 0.559. The Morgan fingerprint density at radius 2 is 1.96 bits per heavy atom. The summed E-state index contributed by atoms with van der Waals surface area (Å²) in [4.78, 5) is 12.0. The van der Waals surface area contributed by atoms with Crippen LogP contribution in [0.5, 0.6) is 5.75 Å². The Morgan fingerprint density at radius 3 is 2.74 bits per heavy atom. The van der Waals surface area contributed by atoms with Gasteiger partial charge in [-0.3, -0.25) is 4.79 Å². The molecule has 1 aromatic carbocycles. The summed E-state index contributed by atoms with van der Waals surface area (Å²) in [7, 11) is 0. The van der Waals surface area contributed by atoms with Crippen molar-refractivity contribution in [3.05, 3.63) is 76.5 Å². The first-order valence-corrected chi connectivity index (χ1v) is 7.78. The highest BCUT2D eigenvalue weighted by molar-refractivity contribution is 9.10. The maximum atomic E-state index is 12.0. The molecule has 2 aromatic heterocycles. The van der Waals surface area contributed by atoms with Gasteiger partial charge < -0.3 is 18.9 Å². The summed E-state index contributed by atoms with van der Waals surface area (Å²) >= 11 is 3.41. The Balaban J connectivity index is 1.55. The standard InChI is InChI=1S/C17H14BrNO4/c18-14-5-1-2-6-15(14)22-11-13-7-8-16(23-13)17(20)19-10-12-4-3-9-21-12/h1-9H,10-11H2,(H,19,20). The first-order valence-electron chi connectivity index (χ1n) is 6.99. The molecule has 0 atom stereocenters. The van der Waals surface area contributed by atoms with Gasteiger partial charge in [-0.2, -0.15) is 0 Å². The number of nitrogens with one attached hydrogen (secondary N) is 1. The first-order chi connectivity index (χ1) is 11.2. The molecule has 0 bridgehead atoms. The van der Waals surface area contributed by atoms with E-state index in [1.54, 1.807) is 30.5 Å². The highest BCUT2D eigenvalue weighted by Gasteiger charge is 2.12. The number of hydrogen-bond donors (Lipinski definition) is 1. The number of rotatable bonds is 6. The molecule has 118 valence electrons. The van der Waals surface area contributed by atoms with Crippen LogP contribution in [-0.4, -0.2) is 5.91 Å². The average molecular weight is 376 g/mol. The van der Waals surface area contributed by atoms with Crippen LogP contribution in [0.25, 0.3) is 0 Å². The van der Waals surface area contributed by atoms with Crippen LogP contribution in [0.3, 0.4) is 0 Å². The summed E-state index contributed by atoms with van der Waals surface area (Å²) in [5.74, 6) is 1.91. The van der Waals surface area contributed by atoms with Crippen LogP contribution >= 0.6 is 15.9 Å². The lowest BCUT2D eigenvalue weighted by atomic mass is 10.3. The van der Waals surface area contributed by atoms with Crippen molar-refractivity contribution < 1.29 is 18.4 Å². The second-order valence-corrected chi connectivity index (χ2v) is 5.60.